The van der Waals surface area contributed by atoms with Crippen molar-refractivity contribution in [3.63, 3.8) is 0 Å². The van der Waals surface area contributed by atoms with Gasteiger partial charge in [-0.05, 0) is 77.8 Å². The zero-order chi connectivity index (χ0) is 43.5. The van der Waals surface area contributed by atoms with E-state index in [9.17, 15) is 19.5 Å². The summed E-state index contributed by atoms with van der Waals surface area (Å²) in [6.45, 7) is 2.88. The number of carbonyl (C=O) groups is 2. The Balaban J connectivity index is 0.849. The number of aromatic nitrogens is 2. The fourth-order valence-corrected chi connectivity index (χ4v) is 8.92. The molecule has 2 aliphatic heterocycles. The van der Waals surface area contributed by atoms with Crippen molar-refractivity contribution in [1.29, 1.82) is 0 Å². The minimum atomic E-state index is -0.581. The summed E-state index contributed by atoms with van der Waals surface area (Å²) in [5.41, 5.74) is 14.8. The van der Waals surface area contributed by atoms with Gasteiger partial charge in [-0.1, -0.05) is 110 Å². The molecule has 0 bridgehead atoms. The summed E-state index contributed by atoms with van der Waals surface area (Å²) in [6, 6.07) is 39.6. The number of hydrogen-bond donors (Lipinski definition) is 5. The predicted molar refractivity (Wildman–Crippen MR) is 247 cm³/mol. The number of aliphatic hydroxyl groups excluding tert-OH is 1. The number of likely N-dealkylation sites (tertiary alicyclic amines) is 1. The zero-order valence-electron chi connectivity index (χ0n) is 35.7. The van der Waals surface area contributed by atoms with Gasteiger partial charge in [-0.3, -0.25) is 14.2 Å². The number of imidazole rings is 1. The lowest BCUT2D eigenvalue weighted by molar-refractivity contribution is -0.253. The van der Waals surface area contributed by atoms with Crippen molar-refractivity contribution in [3.05, 3.63) is 154 Å². The normalized spacial score (nSPS) is 18.3. The predicted octanol–water partition coefficient (Wildman–Crippen LogP) is 8.55. The van der Waals surface area contributed by atoms with Crippen LogP contribution in [0.2, 0.25) is 0 Å². The van der Waals surface area contributed by atoms with E-state index in [4.69, 9.17) is 15.2 Å². The van der Waals surface area contributed by atoms with E-state index in [1.165, 1.54) is 0 Å². The second-order valence-electron chi connectivity index (χ2n) is 16.8. The third-order valence-electron chi connectivity index (χ3n) is 12.4. The highest BCUT2D eigenvalue weighted by atomic mass is 16.7. The van der Waals surface area contributed by atoms with E-state index in [2.05, 4.69) is 50.8 Å². The molecule has 0 spiro atoms. The largest absolute Gasteiger partial charge is 0.397 e. The number of nitrogens with zero attached hydrogens (tertiary/aromatic N) is 2. The fraction of sp³-hybridized carbons (Fsp3) is 0.353. The van der Waals surface area contributed by atoms with Gasteiger partial charge in [0, 0.05) is 57.0 Å². The molecule has 1 aromatic heterocycles. The van der Waals surface area contributed by atoms with E-state index in [0.29, 0.717) is 37.2 Å². The maximum atomic E-state index is 12.9. The molecule has 0 radical (unpaired) electrons. The number of amides is 2. The molecule has 0 saturated carbocycles. The van der Waals surface area contributed by atoms with E-state index < -0.39 is 6.29 Å². The number of aliphatic hydroxyl groups is 1. The molecule has 6 N–H and O–H groups in total. The second kappa shape index (κ2) is 20.9. The first-order valence-electron chi connectivity index (χ1n) is 22.3. The Hall–Kier alpha value is -6.05. The molecule has 0 aliphatic carbocycles. The molecule has 3 atom stereocenters. The van der Waals surface area contributed by atoms with Crippen molar-refractivity contribution in [3.8, 4) is 11.1 Å². The van der Waals surface area contributed by atoms with E-state index in [1.54, 1.807) is 12.1 Å². The van der Waals surface area contributed by atoms with Gasteiger partial charge in [0.05, 0.1) is 41.2 Å². The standard InChI is InChI=1S/C51H58N6O6/c52-43-13-7-8-14-44(43)54-49(60)18-4-2-1-3-17-48(59)53-32-39-11-5-6-12-42(39)36-23-25-38(26-24-36)50-62-41(31-47(63-50)37-21-19-35(34-58)20-22-37)33-56-29-27-40(28-30-56)57-46-16-10-9-15-45(46)55-51(57)61/h5-16,19-26,40-41,47,50,58H,1-4,17-18,27-34,52H2,(H,53,59)(H,54,60)(H,55,61)/t41-,47+,50+/m1/s1. The van der Waals surface area contributed by atoms with Gasteiger partial charge in [0.15, 0.2) is 6.29 Å². The number of piperidine rings is 1. The number of benzene rings is 5. The summed E-state index contributed by atoms with van der Waals surface area (Å²) >= 11 is 0. The van der Waals surface area contributed by atoms with E-state index >= 15 is 0 Å². The van der Waals surface area contributed by atoms with Crippen molar-refractivity contribution in [2.75, 3.05) is 30.7 Å². The third kappa shape index (κ3) is 11.1. The van der Waals surface area contributed by atoms with Gasteiger partial charge in [-0.2, -0.15) is 0 Å². The number of anilines is 2. The first-order valence-corrected chi connectivity index (χ1v) is 22.3. The summed E-state index contributed by atoms with van der Waals surface area (Å²) in [5, 5.41) is 15.6. The average molecular weight is 851 g/mol. The molecule has 5 aromatic carbocycles. The minimum absolute atomic E-state index is 0.00768. The second-order valence-corrected chi connectivity index (χ2v) is 16.8. The Labute approximate surface area is 368 Å². The number of H-pyrrole nitrogens is 1. The van der Waals surface area contributed by atoms with E-state index in [1.807, 2.05) is 83.4 Å². The van der Waals surface area contributed by atoms with Crippen molar-refractivity contribution >= 4 is 34.2 Å². The number of nitrogens with two attached hydrogens (primary N) is 1. The Kier molecular flexibility index (Phi) is 14.4. The fourth-order valence-electron chi connectivity index (χ4n) is 8.92. The van der Waals surface area contributed by atoms with Gasteiger partial charge in [-0.15, -0.1) is 0 Å². The van der Waals surface area contributed by atoms with Crippen LogP contribution in [0.15, 0.2) is 126 Å². The van der Waals surface area contributed by atoms with Crippen LogP contribution in [0.25, 0.3) is 22.2 Å². The number of carbonyl (C=O) groups excluding carboxylic acids is 2. The van der Waals surface area contributed by atoms with Crippen LogP contribution in [-0.2, 0) is 32.2 Å². The van der Waals surface area contributed by atoms with Gasteiger partial charge in [-0.25, -0.2) is 4.79 Å². The van der Waals surface area contributed by atoms with Crippen LogP contribution in [0.1, 0.15) is 98.5 Å². The SMILES string of the molecule is Nc1ccccc1NC(=O)CCCCCCC(=O)NCc1ccccc1-c1ccc([C@H]2O[C@@H](CN3CCC(n4c(=O)[nH]c5ccccc54)CC3)C[C@@H](c3ccc(CO)cc3)O2)cc1. The highest BCUT2D eigenvalue weighted by molar-refractivity contribution is 5.93. The number of ether oxygens (including phenoxy) is 2. The van der Waals surface area contributed by atoms with E-state index in [-0.39, 0.29) is 42.4 Å². The number of rotatable bonds is 17. The van der Waals surface area contributed by atoms with Gasteiger partial charge in [0.25, 0.3) is 0 Å². The Morgan fingerprint density at radius 1 is 0.762 bits per heavy atom. The molecule has 6 aromatic rings. The summed E-state index contributed by atoms with van der Waals surface area (Å²) in [5.74, 6) is -0.0475. The molecule has 12 heteroatoms. The zero-order valence-corrected chi connectivity index (χ0v) is 35.7. The highest BCUT2D eigenvalue weighted by Gasteiger charge is 2.34. The van der Waals surface area contributed by atoms with Gasteiger partial charge in [0.2, 0.25) is 11.8 Å². The van der Waals surface area contributed by atoms with Gasteiger partial charge in [0.1, 0.15) is 0 Å². The smallest absolute Gasteiger partial charge is 0.326 e. The van der Waals surface area contributed by atoms with Crippen molar-refractivity contribution in [2.45, 2.75) is 95.5 Å². The van der Waals surface area contributed by atoms with Gasteiger partial charge >= 0.3 is 5.69 Å². The molecule has 328 valence electrons. The molecule has 12 nitrogen and oxygen atoms in total. The first kappa shape index (κ1) is 43.6. The molecule has 2 aliphatic rings. The van der Waals surface area contributed by atoms with Crippen LogP contribution in [0.3, 0.4) is 0 Å². The van der Waals surface area contributed by atoms with Crippen LogP contribution >= 0.6 is 0 Å². The summed E-state index contributed by atoms with van der Waals surface area (Å²) in [6.07, 6.45) is 5.69. The Morgan fingerprint density at radius 2 is 1.44 bits per heavy atom. The summed E-state index contributed by atoms with van der Waals surface area (Å²) in [7, 11) is 0. The number of aromatic amines is 1. The molecular formula is C51H58N6O6. The van der Waals surface area contributed by atoms with Gasteiger partial charge < -0.3 is 40.8 Å². The van der Waals surface area contributed by atoms with Crippen LogP contribution in [0.5, 0.6) is 0 Å². The number of para-hydroxylation sites is 4. The topological polar surface area (TPSA) is 164 Å². The third-order valence-corrected chi connectivity index (χ3v) is 12.4. The number of nitrogen functional groups attached to an aromatic ring is 1. The molecule has 2 saturated heterocycles. The molecule has 8 rings (SSSR count). The molecule has 2 fully saturated rings. The average Bonchev–Trinajstić information content (AvgIpc) is 3.66. The lowest BCUT2D eigenvalue weighted by Crippen LogP contribution is -2.43. The van der Waals surface area contributed by atoms with Crippen LogP contribution in [0.4, 0.5) is 11.4 Å². The van der Waals surface area contributed by atoms with Crippen LogP contribution in [0, 0.1) is 0 Å². The molecule has 3 heterocycles. The molecule has 0 unspecified atom stereocenters. The van der Waals surface area contributed by atoms with Crippen LogP contribution in [-0.4, -0.2) is 57.1 Å². The maximum Gasteiger partial charge on any atom is 0.326 e. The maximum absolute atomic E-state index is 12.9. The Morgan fingerprint density at radius 3 is 2.21 bits per heavy atom. The van der Waals surface area contributed by atoms with Crippen molar-refractivity contribution in [1.82, 2.24) is 19.8 Å². The monoisotopic (exact) mass is 850 g/mol. The lowest BCUT2D eigenvalue weighted by atomic mass is 9.97. The number of fused-ring (bicyclic) bond motifs is 1. The molecule has 2 amide bonds. The number of unbranched alkanes of at least 4 members (excludes halogenated alkanes) is 3. The van der Waals surface area contributed by atoms with Crippen LogP contribution < -0.4 is 22.1 Å². The summed E-state index contributed by atoms with van der Waals surface area (Å²) in [4.78, 5) is 43.5. The Bertz CT molecular complexity index is 2510. The lowest BCUT2D eigenvalue weighted by Gasteiger charge is -2.40. The minimum Gasteiger partial charge on any atom is -0.397 e. The molecular weight excluding hydrogens is 793 g/mol. The van der Waals surface area contributed by atoms with E-state index in [0.717, 1.165) is 103 Å². The number of hydrogen-bond acceptors (Lipinski definition) is 8. The quantitative estimate of drug-likeness (QED) is 0.0450. The highest BCUT2D eigenvalue weighted by Crippen LogP contribution is 2.39. The van der Waals surface area contributed by atoms with Crippen molar-refractivity contribution in [2.24, 2.45) is 0 Å². The van der Waals surface area contributed by atoms with Crippen molar-refractivity contribution < 1.29 is 24.2 Å². The number of nitrogens with one attached hydrogen (secondary N) is 3. The summed E-state index contributed by atoms with van der Waals surface area (Å²) < 4.78 is 15.3. The molecule has 63 heavy (non-hydrogen) atoms. The first-order chi connectivity index (χ1) is 30.8.